The van der Waals surface area contributed by atoms with Gasteiger partial charge in [-0.15, -0.1) is 0 Å². The average Bonchev–Trinajstić information content (AvgIpc) is 2.90. The van der Waals surface area contributed by atoms with E-state index in [0.29, 0.717) is 12.2 Å². The summed E-state index contributed by atoms with van der Waals surface area (Å²) in [6.45, 7) is 0.276. The molecule has 0 aliphatic rings. The van der Waals surface area contributed by atoms with Gasteiger partial charge in [-0.05, 0) is 12.1 Å². The van der Waals surface area contributed by atoms with Crippen molar-refractivity contribution in [3.63, 3.8) is 0 Å². The molecule has 0 bridgehead atoms. The summed E-state index contributed by atoms with van der Waals surface area (Å²) in [6.07, 6.45) is -2.79. The SMILES string of the molecule is N#Cc1ccc(C(F)(F)F)nc1NCCc1ncn[nH]1. The Hall–Kier alpha value is -2.63. The second-order valence-electron chi connectivity index (χ2n) is 3.81. The molecule has 0 aliphatic carbocycles. The van der Waals surface area contributed by atoms with Crippen LogP contribution >= 0.6 is 0 Å². The Morgan fingerprint density at radius 2 is 2.15 bits per heavy atom. The number of rotatable bonds is 4. The Labute approximate surface area is 111 Å². The molecule has 0 fully saturated rings. The molecule has 2 N–H and O–H groups in total. The zero-order valence-electron chi connectivity index (χ0n) is 10.1. The summed E-state index contributed by atoms with van der Waals surface area (Å²) in [6, 6.07) is 3.66. The van der Waals surface area contributed by atoms with Crippen molar-refractivity contribution in [3.05, 3.63) is 35.5 Å². The van der Waals surface area contributed by atoms with E-state index in [9.17, 15) is 13.2 Å². The second kappa shape index (κ2) is 5.56. The maximum atomic E-state index is 12.6. The number of aromatic nitrogens is 4. The van der Waals surface area contributed by atoms with Gasteiger partial charge in [0.15, 0.2) is 0 Å². The average molecular weight is 282 g/mol. The van der Waals surface area contributed by atoms with E-state index in [1.807, 2.05) is 0 Å². The number of pyridine rings is 1. The smallest absolute Gasteiger partial charge is 0.369 e. The number of hydrogen-bond donors (Lipinski definition) is 2. The maximum Gasteiger partial charge on any atom is 0.433 e. The number of nitriles is 1. The molecule has 0 spiro atoms. The van der Waals surface area contributed by atoms with Gasteiger partial charge in [-0.3, -0.25) is 5.10 Å². The first-order chi connectivity index (χ1) is 9.50. The normalized spacial score (nSPS) is 11.1. The molecule has 2 aromatic heterocycles. The lowest BCUT2D eigenvalue weighted by atomic mass is 10.2. The summed E-state index contributed by atoms with van der Waals surface area (Å²) in [5.74, 6) is 0.491. The molecule has 0 saturated carbocycles. The molecule has 2 aromatic rings. The molecular formula is C11H9F3N6. The third kappa shape index (κ3) is 3.23. The van der Waals surface area contributed by atoms with Gasteiger partial charge in [0.05, 0.1) is 5.56 Å². The van der Waals surface area contributed by atoms with Crippen LogP contribution in [0.15, 0.2) is 18.5 Å². The number of H-pyrrole nitrogens is 1. The molecule has 0 amide bonds. The van der Waals surface area contributed by atoms with Gasteiger partial charge in [0.1, 0.15) is 29.7 Å². The van der Waals surface area contributed by atoms with Crippen LogP contribution in [0.25, 0.3) is 0 Å². The van der Waals surface area contributed by atoms with Crippen LogP contribution in [-0.4, -0.2) is 26.7 Å². The fourth-order valence-electron chi connectivity index (χ4n) is 1.49. The number of halogens is 3. The molecule has 0 unspecified atom stereocenters. The minimum Gasteiger partial charge on any atom is -0.369 e. The first kappa shape index (κ1) is 13.8. The fraction of sp³-hybridized carbons (Fsp3) is 0.273. The molecule has 2 rings (SSSR count). The minimum absolute atomic E-state index is 0.0515. The largest absolute Gasteiger partial charge is 0.433 e. The van der Waals surface area contributed by atoms with Crippen LogP contribution in [-0.2, 0) is 12.6 Å². The highest BCUT2D eigenvalue weighted by Crippen LogP contribution is 2.29. The van der Waals surface area contributed by atoms with Crippen LogP contribution < -0.4 is 5.32 Å². The number of hydrogen-bond acceptors (Lipinski definition) is 5. The highest BCUT2D eigenvalue weighted by Gasteiger charge is 2.33. The van der Waals surface area contributed by atoms with Crippen molar-refractivity contribution in [1.82, 2.24) is 20.2 Å². The Morgan fingerprint density at radius 3 is 2.75 bits per heavy atom. The zero-order chi connectivity index (χ0) is 14.6. The quantitative estimate of drug-likeness (QED) is 0.891. The van der Waals surface area contributed by atoms with Gasteiger partial charge in [-0.25, -0.2) is 9.97 Å². The Bertz CT molecular complexity index is 614. The Morgan fingerprint density at radius 1 is 1.35 bits per heavy atom. The second-order valence-corrected chi connectivity index (χ2v) is 3.81. The van der Waals surface area contributed by atoms with Gasteiger partial charge in [0.25, 0.3) is 0 Å². The number of aromatic amines is 1. The fourth-order valence-corrected chi connectivity index (χ4v) is 1.49. The molecule has 2 heterocycles. The molecule has 6 nitrogen and oxygen atoms in total. The van der Waals surface area contributed by atoms with Crippen LogP contribution in [0, 0.1) is 11.3 Å². The lowest BCUT2D eigenvalue weighted by Crippen LogP contribution is -2.13. The van der Waals surface area contributed by atoms with E-state index in [-0.39, 0.29) is 17.9 Å². The molecule has 104 valence electrons. The predicted molar refractivity (Wildman–Crippen MR) is 62.5 cm³/mol. The predicted octanol–water partition coefficient (Wildman–Crippen LogP) is 1.74. The van der Waals surface area contributed by atoms with Gasteiger partial charge in [-0.1, -0.05) is 0 Å². The number of alkyl halides is 3. The lowest BCUT2D eigenvalue weighted by molar-refractivity contribution is -0.141. The van der Waals surface area contributed by atoms with Crippen molar-refractivity contribution in [2.24, 2.45) is 0 Å². The number of nitrogens with one attached hydrogen (secondary N) is 2. The third-order valence-corrected chi connectivity index (χ3v) is 2.43. The van der Waals surface area contributed by atoms with E-state index < -0.39 is 11.9 Å². The van der Waals surface area contributed by atoms with E-state index in [2.05, 4.69) is 25.5 Å². The number of anilines is 1. The lowest BCUT2D eigenvalue weighted by Gasteiger charge is -2.10. The maximum absolute atomic E-state index is 12.6. The third-order valence-electron chi connectivity index (χ3n) is 2.43. The minimum atomic E-state index is -4.55. The van der Waals surface area contributed by atoms with Crippen LogP contribution in [0.4, 0.5) is 19.0 Å². The van der Waals surface area contributed by atoms with Gasteiger partial charge in [0.2, 0.25) is 0 Å². The summed E-state index contributed by atoms with van der Waals surface area (Å²) in [7, 11) is 0. The zero-order valence-corrected chi connectivity index (χ0v) is 10.1. The van der Waals surface area contributed by atoms with E-state index in [4.69, 9.17) is 5.26 Å². The van der Waals surface area contributed by atoms with Crippen molar-refractivity contribution in [1.29, 1.82) is 5.26 Å². The Kier molecular flexibility index (Phi) is 3.84. The highest BCUT2D eigenvalue weighted by molar-refractivity contribution is 5.52. The topological polar surface area (TPSA) is 90.3 Å². The van der Waals surface area contributed by atoms with Crippen molar-refractivity contribution in [2.45, 2.75) is 12.6 Å². The Balaban J connectivity index is 2.11. The number of nitrogens with zero attached hydrogens (tertiary/aromatic N) is 4. The van der Waals surface area contributed by atoms with E-state index in [0.717, 1.165) is 12.1 Å². The van der Waals surface area contributed by atoms with Crippen LogP contribution in [0.5, 0.6) is 0 Å². The van der Waals surface area contributed by atoms with E-state index in [1.165, 1.54) is 6.33 Å². The summed E-state index contributed by atoms with van der Waals surface area (Å²) in [4.78, 5) is 7.30. The molecule has 0 aliphatic heterocycles. The van der Waals surface area contributed by atoms with Crippen molar-refractivity contribution in [3.8, 4) is 6.07 Å². The van der Waals surface area contributed by atoms with Crippen molar-refractivity contribution >= 4 is 5.82 Å². The summed E-state index contributed by atoms with van der Waals surface area (Å²) >= 11 is 0. The summed E-state index contributed by atoms with van der Waals surface area (Å²) in [5.41, 5.74) is -0.991. The highest BCUT2D eigenvalue weighted by atomic mass is 19.4. The molecule has 0 saturated heterocycles. The van der Waals surface area contributed by atoms with E-state index >= 15 is 0 Å². The van der Waals surface area contributed by atoms with Gasteiger partial charge in [-0.2, -0.15) is 23.5 Å². The summed E-state index contributed by atoms with van der Waals surface area (Å²) in [5, 5.41) is 17.8. The van der Waals surface area contributed by atoms with Gasteiger partial charge < -0.3 is 5.32 Å². The van der Waals surface area contributed by atoms with Crippen molar-refractivity contribution in [2.75, 3.05) is 11.9 Å². The van der Waals surface area contributed by atoms with Crippen LogP contribution in [0.1, 0.15) is 17.1 Å². The van der Waals surface area contributed by atoms with Crippen molar-refractivity contribution < 1.29 is 13.2 Å². The first-order valence-electron chi connectivity index (χ1n) is 5.57. The summed E-state index contributed by atoms with van der Waals surface area (Å²) < 4.78 is 37.7. The monoisotopic (exact) mass is 282 g/mol. The molecule has 0 atom stereocenters. The van der Waals surface area contributed by atoms with E-state index in [1.54, 1.807) is 6.07 Å². The molecular weight excluding hydrogens is 273 g/mol. The first-order valence-corrected chi connectivity index (χ1v) is 5.57. The molecule has 9 heteroatoms. The molecule has 0 aromatic carbocycles. The van der Waals surface area contributed by atoms with Crippen LogP contribution in [0.2, 0.25) is 0 Å². The van der Waals surface area contributed by atoms with Gasteiger partial charge in [0, 0.05) is 13.0 Å². The molecule has 20 heavy (non-hydrogen) atoms. The van der Waals surface area contributed by atoms with Crippen LogP contribution in [0.3, 0.4) is 0 Å². The standard InChI is InChI=1S/C11H9F3N6/c12-11(13,14)8-2-1-7(5-15)10(19-8)16-4-3-9-17-6-18-20-9/h1-2,6H,3-4H2,(H,16,19)(H,17,18,20). The van der Waals surface area contributed by atoms with Gasteiger partial charge >= 0.3 is 6.18 Å². The molecule has 0 radical (unpaired) electrons.